The molecular weight excluding hydrogens is 422 g/mol. The quantitative estimate of drug-likeness (QED) is 0.633. The molecule has 2 aromatic heterocycles. The van der Waals surface area contributed by atoms with Gasteiger partial charge in [-0.05, 0) is 64.0 Å². The van der Waals surface area contributed by atoms with E-state index in [1.165, 1.54) is 7.11 Å². The number of imidazole rings is 1. The number of ether oxygens (including phenoxy) is 2. The number of aryl methyl sites for hydroxylation is 2. The molecule has 3 rings (SSSR count). The van der Waals surface area contributed by atoms with Crippen LogP contribution in [0.5, 0.6) is 0 Å². The van der Waals surface area contributed by atoms with E-state index in [9.17, 15) is 14.7 Å². The van der Waals surface area contributed by atoms with Crippen molar-refractivity contribution in [1.29, 1.82) is 0 Å². The topological polar surface area (TPSA) is 93.4 Å². The predicted octanol–water partition coefficient (Wildman–Crippen LogP) is 4.56. The lowest BCUT2D eigenvalue weighted by Gasteiger charge is -2.40. The third kappa shape index (κ3) is 5.00. The highest BCUT2D eigenvalue weighted by Gasteiger charge is 2.37. The highest BCUT2D eigenvalue weighted by atomic mass is 16.6. The third-order valence-electron chi connectivity index (χ3n) is 6.32. The Labute approximate surface area is 195 Å². The maximum absolute atomic E-state index is 13.0. The number of fused-ring (bicyclic) bond motifs is 1. The van der Waals surface area contributed by atoms with Crippen LogP contribution in [-0.4, -0.2) is 52.2 Å². The molecule has 8 heteroatoms. The summed E-state index contributed by atoms with van der Waals surface area (Å²) < 4.78 is 13.3. The maximum atomic E-state index is 13.0. The van der Waals surface area contributed by atoms with E-state index >= 15 is 0 Å². The lowest BCUT2D eigenvalue weighted by Crippen LogP contribution is -2.40. The molecule has 3 heterocycles. The third-order valence-corrected chi connectivity index (χ3v) is 6.32. The lowest BCUT2D eigenvalue weighted by molar-refractivity contribution is -0.164. The SMILES string of the molecule is CCc1c(C(=O)O)nc2cc(C)c([C@H](OC(C)(C)C)C(=O)OC)c(N3CCC(C)(C)CC3)n12. The number of carboxylic acids is 1. The van der Waals surface area contributed by atoms with E-state index in [1.54, 1.807) is 0 Å². The van der Waals surface area contributed by atoms with Crippen molar-refractivity contribution in [2.75, 3.05) is 25.1 Å². The minimum atomic E-state index is -1.06. The second kappa shape index (κ2) is 8.97. The first-order valence-electron chi connectivity index (χ1n) is 11.6. The molecule has 8 nitrogen and oxygen atoms in total. The summed E-state index contributed by atoms with van der Waals surface area (Å²) in [6, 6.07) is 1.83. The molecule has 1 saturated heterocycles. The largest absolute Gasteiger partial charge is 0.476 e. The van der Waals surface area contributed by atoms with E-state index in [1.807, 2.05) is 45.1 Å². The highest BCUT2D eigenvalue weighted by Crippen LogP contribution is 2.40. The first-order chi connectivity index (χ1) is 15.3. The van der Waals surface area contributed by atoms with Gasteiger partial charge in [-0.2, -0.15) is 0 Å². The van der Waals surface area contributed by atoms with Crippen LogP contribution in [-0.2, 0) is 20.7 Å². The summed E-state index contributed by atoms with van der Waals surface area (Å²) in [5, 5.41) is 9.81. The van der Waals surface area contributed by atoms with Gasteiger partial charge in [-0.15, -0.1) is 0 Å². The van der Waals surface area contributed by atoms with Crippen LogP contribution in [0.1, 0.15) is 87.8 Å². The highest BCUT2D eigenvalue weighted by molar-refractivity contribution is 5.89. The van der Waals surface area contributed by atoms with Gasteiger partial charge in [-0.3, -0.25) is 4.40 Å². The molecule has 1 fully saturated rings. The summed E-state index contributed by atoms with van der Waals surface area (Å²) in [5.74, 6) is -0.768. The molecule has 33 heavy (non-hydrogen) atoms. The summed E-state index contributed by atoms with van der Waals surface area (Å²) in [6.45, 7) is 15.6. The van der Waals surface area contributed by atoms with Crippen LogP contribution in [0.2, 0.25) is 0 Å². The van der Waals surface area contributed by atoms with Gasteiger partial charge in [0, 0.05) is 18.7 Å². The minimum Gasteiger partial charge on any atom is -0.476 e. The van der Waals surface area contributed by atoms with Crippen molar-refractivity contribution < 1.29 is 24.2 Å². The number of methoxy groups -OCH3 is 1. The zero-order valence-electron chi connectivity index (χ0n) is 21.1. The average Bonchev–Trinajstić information content (AvgIpc) is 3.08. The number of hydrogen-bond donors (Lipinski definition) is 1. The zero-order valence-corrected chi connectivity index (χ0v) is 21.1. The molecular formula is C25H37N3O5. The number of aromatic nitrogens is 2. The predicted molar refractivity (Wildman–Crippen MR) is 127 cm³/mol. The van der Waals surface area contributed by atoms with Gasteiger partial charge in [0.2, 0.25) is 0 Å². The van der Waals surface area contributed by atoms with E-state index in [-0.39, 0.29) is 11.1 Å². The molecule has 2 aromatic rings. The smallest absolute Gasteiger partial charge is 0.356 e. The molecule has 0 unspecified atom stereocenters. The van der Waals surface area contributed by atoms with Gasteiger partial charge in [0.1, 0.15) is 11.5 Å². The molecule has 182 valence electrons. The number of carbonyl (C=O) groups excluding carboxylic acids is 1. The Hall–Kier alpha value is -2.61. The summed E-state index contributed by atoms with van der Waals surface area (Å²) >= 11 is 0. The van der Waals surface area contributed by atoms with Crippen molar-refractivity contribution in [3.63, 3.8) is 0 Å². The second-order valence-electron chi connectivity index (χ2n) is 10.6. The Bertz CT molecular complexity index is 1050. The fourth-order valence-corrected chi connectivity index (χ4v) is 4.52. The number of nitrogens with zero attached hydrogens (tertiary/aromatic N) is 3. The molecule has 0 amide bonds. The van der Waals surface area contributed by atoms with Crippen LogP contribution < -0.4 is 4.90 Å². The second-order valence-corrected chi connectivity index (χ2v) is 10.6. The van der Waals surface area contributed by atoms with E-state index in [0.717, 1.165) is 37.3 Å². The Morgan fingerprint density at radius 3 is 2.33 bits per heavy atom. The number of pyridine rings is 1. The molecule has 1 N–H and O–H groups in total. The number of anilines is 1. The van der Waals surface area contributed by atoms with Gasteiger partial charge < -0.3 is 19.5 Å². The molecule has 0 radical (unpaired) electrons. The number of esters is 1. The van der Waals surface area contributed by atoms with Crippen molar-refractivity contribution in [3.8, 4) is 0 Å². The monoisotopic (exact) mass is 459 g/mol. The van der Waals surface area contributed by atoms with Crippen molar-refractivity contribution in [1.82, 2.24) is 9.38 Å². The van der Waals surface area contributed by atoms with E-state index < -0.39 is 23.6 Å². The van der Waals surface area contributed by atoms with Gasteiger partial charge in [0.25, 0.3) is 0 Å². The number of piperidine rings is 1. The Balaban J connectivity index is 2.37. The first-order valence-corrected chi connectivity index (χ1v) is 11.6. The number of hydrogen-bond acceptors (Lipinski definition) is 6. The van der Waals surface area contributed by atoms with Crippen molar-refractivity contribution >= 4 is 23.4 Å². The van der Waals surface area contributed by atoms with Crippen molar-refractivity contribution in [2.45, 2.75) is 79.4 Å². The van der Waals surface area contributed by atoms with Gasteiger partial charge in [-0.25, -0.2) is 14.6 Å². The fourth-order valence-electron chi connectivity index (χ4n) is 4.52. The van der Waals surface area contributed by atoms with Crippen LogP contribution in [0.3, 0.4) is 0 Å². The molecule has 1 aliphatic rings. The molecule has 1 atom stereocenters. The zero-order chi connectivity index (χ0) is 24.7. The van der Waals surface area contributed by atoms with Gasteiger partial charge in [0.15, 0.2) is 11.8 Å². The first kappa shape index (κ1) is 25.0. The van der Waals surface area contributed by atoms with Crippen molar-refractivity contribution in [3.05, 3.63) is 28.6 Å². The molecule has 0 aliphatic carbocycles. The van der Waals surface area contributed by atoms with Crippen LogP contribution in [0, 0.1) is 12.3 Å². The van der Waals surface area contributed by atoms with Crippen molar-refractivity contribution in [2.24, 2.45) is 5.41 Å². The molecule has 1 aliphatic heterocycles. The van der Waals surface area contributed by atoms with Crippen LogP contribution in [0.15, 0.2) is 6.07 Å². The minimum absolute atomic E-state index is 0.0407. The standard InChI is InChI=1S/C25H37N3O5/c1-9-16-19(22(29)30)26-17-14-15(2)18(20(23(31)32-8)33-24(3,4)5)21(28(16)17)27-12-10-25(6,7)11-13-27/h14,20H,9-13H2,1-8H3,(H,29,30)/t20-/m0/s1. The van der Waals surface area contributed by atoms with Crippen LogP contribution in [0.25, 0.3) is 5.65 Å². The summed E-state index contributed by atoms with van der Waals surface area (Å²) in [6.07, 6.45) is 1.49. The van der Waals surface area contributed by atoms with E-state index in [4.69, 9.17) is 9.47 Å². The number of rotatable bonds is 6. The number of carbonyl (C=O) groups is 2. The fraction of sp³-hybridized carbons (Fsp3) is 0.640. The summed E-state index contributed by atoms with van der Waals surface area (Å²) in [4.78, 5) is 31.7. The molecule has 0 aromatic carbocycles. The number of carboxylic acid groups (broad SMARTS) is 1. The Kier molecular flexibility index (Phi) is 6.80. The normalized spacial score (nSPS) is 17.3. The number of aromatic carboxylic acids is 1. The Morgan fingerprint density at radius 2 is 1.85 bits per heavy atom. The average molecular weight is 460 g/mol. The van der Waals surface area contributed by atoms with Gasteiger partial charge in [-0.1, -0.05) is 20.8 Å². The van der Waals surface area contributed by atoms with Gasteiger partial charge in [0.05, 0.1) is 18.4 Å². The van der Waals surface area contributed by atoms with E-state index in [0.29, 0.717) is 23.3 Å². The van der Waals surface area contributed by atoms with E-state index in [2.05, 4.69) is 23.7 Å². The summed E-state index contributed by atoms with van der Waals surface area (Å²) in [7, 11) is 1.36. The maximum Gasteiger partial charge on any atom is 0.356 e. The van der Waals surface area contributed by atoms with Crippen LogP contribution >= 0.6 is 0 Å². The Morgan fingerprint density at radius 1 is 1.24 bits per heavy atom. The van der Waals surface area contributed by atoms with Gasteiger partial charge >= 0.3 is 11.9 Å². The lowest BCUT2D eigenvalue weighted by atomic mass is 9.82. The summed E-state index contributed by atoms with van der Waals surface area (Å²) in [5.41, 5.74) is 2.34. The molecule has 0 bridgehead atoms. The molecule has 0 spiro atoms. The van der Waals surface area contributed by atoms with Crippen LogP contribution in [0.4, 0.5) is 5.82 Å². The molecule has 0 saturated carbocycles.